The topological polar surface area (TPSA) is 67.3 Å². The summed E-state index contributed by atoms with van der Waals surface area (Å²) in [6.07, 6.45) is 0.846. The van der Waals surface area contributed by atoms with Gasteiger partial charge in [0.1, 0.15) is 11.5 Å². The number of amides is 1. The average Bonchev–Trinajstić information content (AvgIpc) is 2.30. The van der Waals surface area contributed by atoms with Gasteiger partial charge in [-0.25, -0.2) is 14.8 Å². The van der Waals surface area contributed by atoms with E-state index in [1.165, 1.54) is 12.4 Å². The highest BCUT2D eigenvalue weighted by Crippen LogP contribution is 2.12. The Balaban J connectivity index is 1.96. The summed E-state index contributed by atoms with van der Waals surface area (Å²) in [6.45, 7) is 2.83. The van der Waals surface area contributed by atoms with E-state index >= 15 is 0 Å². The van der Waals surface area contributed by atoms with Gasteiger partial charge in [0, 0.05) is 32.2 Å². The van der Waals surface area contributed by atoms with Gasteiger partial charge in [-0.3, -0.25) is 0 Å². The maximum atomic E-state index is 11.7. The number of nitrogens with one attached hydrogen (secondary N) is 1. The van der Waals surface area contributed by atoms with Crippen molar-refractivity contribution >= 4 is 17.7 Å². The Morgan fingerprint density at radius 2 is 2.19 bits per heavy atom. The first-order valence-corrected chi connectivity index (χ1v) is 5.28. The predicted molar refractivity (Wildman–Crippen MR) is 57.5 cm³/mol. The van der Waals surface area contributed by atoms with Gasteiger partial charge in [0.05, 0.1) is 0 Å². The number of carbonyl (C=O) groups excluding carboxylic acids is 1. The Morgan fingerprint density at radius 3 is 2.88 bits per heavy atom. The number of rotatable bonds is 1. The van der Waals surface area contributed by atoms with Crippen LogP contribution in [0.2, 0.25) is 5.15 Å². The van der Waals surface area contributed by atoms with Crippen molar-refractivity contribution in [1.82, 2.24) is 20.2 Å². The number of piperazine rings is 1. The van der Waals surface area contributed by atoms with E-state index in [2.05, 4.69) is 15.3 Å². The van der Waals surface area contributed by atoms with Gasteiger partial charge >= 0.3 is 6.09 Å². The third kappa shape index (κ3) is 2.80. The van der Waals surface area contributed by atoms with Crippen molar-refractivity contribution in [3.8, 4) is 5.88 Å². The van der Waals surface area contributed by atoms with Gasteiger partial charge in [0.15, 0.2) is 0 Å². The molecule has 1 fully saturated rings. The fraction of sp³-hybridized carbons (Fsp3) is 0.444. The molecule has 2 rings (SSSR count). The molecule has 1 aliphatic heterocycles. The molecular weight excluding hydrogens is 232 g/mol. The third-order valence-electron chi connectivity index (χ3n) is 2.18. The zero-order valence-corrected chi connectivity index (χ0v) is 9.28. The number of ether oxygens (including phenoxy) is 1. The van der Waals surface area contributed by atoms with Gasteiger partial charge in [-0.1, -0.05) is 11.6 Å². The second-order valence-electron chi connectivity index (χ2n) is 3.28. The summed E-state index contributed by atoms with van der Waals surface area (Å²) in [5.74, 6) is 0.170. The lowest BCUT2D eigenvalue weighted by molar-refractivity contribution is 0.144. The second-order valence-corrected chi connectivity index (χ2v) is 3.67. The number of halogens is 1. The molecule has 1 saturated heterocycles. The van der Waals surface area contributed by atoms with Crippen molar-refractivity contribution < 1.29 is 9.53 Å². The van der Waals surface area contributed by atoms with Gasteiger partial charge in [-0.2, -0.15) is 0 Å². The predicted octanol–water partition coefficient (Wildman–Crippen LogP) is 0.534. The summed E-state index contributed by atoms with van der Waals surface area (Å²) in [6, 6.07) is 1.40. The minimum atomic E-state index is -0.406. The Hall–Kier alpha value is -1.40. The van der Waals surface area contributed by atoms with Crippen molar-refractivity contribution in [2.75, 3.05) is 26.2 Å². The molecule has 1 amide bonds. The van der Waals surface area contributed by atoms with Crippen LogP contribution in [0.3, 0.4) is 0 Å². The van der Waals surface area contributed by atoms with E-state index in [1.54, 1.807) is 4.90 Å². The summed E-state index contributed by atoms with van der Waals surface area (Å²) in [4.78, 5) is 20.8. The highest BCUT2D eigenvalue weighted by molar-refractivity contribution is 6.29. The van der Waals surface area contributed by atoms with Gasteiger partial charge in [0.2, 0.25) is 5.88 Å². The minimum Gasteiger partial charge on any atom is -0.391 e. The zero-order valence-electron chi connectivity index (χ0n) is 8.52. The molecule has 0 atom stereocenters. The van der Waals surface area contributed by atoms with E-state index < -0.39 is 6.09 Å². The molecule has 2 heterocycles. The van der Waals surface area contributed by atoms with E-state index in [0.29, 0.717) is 13.1 Å². The van der Waals surface area contributed by atoms with Gasteiger partial charge < -0.3 is 15.0 Å². The van der Waals surface area contributed by atoms with Gasteiger partial charge in [0.25, 0.3) is 0 Å². The molecule has 1 aromatic heterocycles. The Morgan fingerprint density at radius 1 is 1.44 bits per heavy atom. The normalized spacial score (nSPS) is 15.9. The van der Waals surface area contributed by atoms with Crippen LogP contribution in [0.4, 0.5) is 4.79 Å². The van der Waals surface area contributed by atoms with Crippen molar-refractivity contribution in [2.24, 2.45) is 0 Å². The molecule has 0 aliphatic carbocycles. The van der Waals surface area contributed by atoms with Crippen LogP contribution >= 0.6 is 11.6 Å². The van der Waals surface area contributed by atoms with Crippen LogP contribution in [0.25, 0.3) is 0 Å². The van der Waals surface area contributed by atoms with Crippen molar-refractivity contribution in [3.05, 3.63) is 17.5 Å². The third-order valence-corrected chi connectivity index (χ3v) is 2.38. The standard InChI is InChI=1S/C9H11ClN4O2/c10-7-5-8(13-6-12-7)16-9(15)14-3-1-11-2-4-14/h5-6,11H,1-4H2. The van der Waals surface area contributed by atoms with E-state index in [1.807, 2.05) is 0 Å². The monoisotopic (exact) mass is 242 g/mol. The molecule has 1 aliphatic rings. The smallest absolute Gasteiger partial charge is 0.391 e. The lowest BCUT2D eigenvalue weighted by Gasteiger charge is -2.26. The van der Waals surface area contributed by atoms with Crippen LogP contribution < -0.4 is 10.1 Å². The largest absolute Gasteiger partial charge is 0.416 e. The van der Waals surface area contributed by atoms with Crippen molar-refractivity contribution in [3.63, 3.8) is 0 Å². The molecule has 0 saturated carbocycles. The number of hydrogen-bond acceptors (Lipinski definition) is 5. The van der Waals surface area contributed by atoms with Crippen LogP contribution in [0.5, 0.6) is 5.88 Å². The van der Waals surface area contributed by atoms with Gasteiger partial charge in [-0.05, 0) is 0 Å². The van der Waals surface area contributed by atoms with Crippen LogP contribution in [0.15, 0.2) is 12.4 Å². The fourth-order valence-electron chi connectivity index (χ4n) is 1.37. The van der Waals surface area contributed by atoms with Crippen LogP contribution in [0.1, 0.15) is 0 Å². The summed E-state index contributed by atoms with van der Waals surface area (Å²) in [5.41, 5.74) is 0. The SMILES string of the molecule is O=C(Oc1cc(Cl)ncn1)N1CCNCC1. The zero-order chi connectivity index (χ0) is 11.4. The lowest BCUT2D eigenvalue weighted by atomic mass is 10.4. The van der Waals surface area contributed by atoms with Crippen LogP contribution in [0, 0.1) is 0 Å². The number of carbonyl (C=O) groups is 1. The van der Waals surface area contributed by atoms with Crippen LogP contribution in [-0.4, -0.2) is 47.1 Å². The van der Waals surface area contributed by atoms with Crippen molar-refractivity contribution in [1.29, 1.82) is 0 Å². The highest BCUT2D eigenvalue weighted by atomic mass is 35.5. The molecule has 1 N–H and O–H groups in total. The molecular formula is C9H11ClN4O2. The Kier molecular flexibility index (Phi) is 3.53. The van der Waals surface area contributed by atoms with Crippen molar-refractivity contribution in [2.45, 2.75) is 0 Å². The fourth-order valence-corrected chi connectivity index (χ4v) is 1.51. The number of aromatic nitrogens is 2. The molecule has 0 bridgehead atoms. The first-order valence-electron chi connectivity index (χ1n) is 4.91. The molecule has 86 valence electrons. The number of hydrogen-bond donors (Lipinski definition) is 1. The molecule has 0 spiro atoms. The summed E-state index contributed by atoms with van der Waals surface area (Å²) >= 11 is 5.65. The quantitative estimate of drug-likeness (QED) is 0.728. The first-order chi connectivity index (χ1) is 7.75. The molecule has 7 heteroatoms. The Bertz CT molecular complexity index is 382. The first kappa shape index (κ1) is 11.1. The highest BCUT2D eigenvalue weighted by Gasteiger charge is 2.18. The van der Waals surface area contributed by atoms with Crippen LogP contribution in [-0.2, 0) is 0 Å². The molecule has 0 radical (unpaired) electrons. The lowest BCUT2D eigenvalue weighted by Crippen LogP contribution is -2.47. The molecule has 16 heavy (non-hydrogen) atoms. The van der Waals surface area contributed by atoms with E-state index in [0.717, 1.165) is 13.1 Å². The molecule has 0 unspecified atom stereocenters. The molecule has 1 aromatic rings. The minimum absolute atomic E-state index is 0.170. The van der Waals surface area contributed by atoms with E-state index in [4.69, 9.17) is 16.3 Å². The van der Waals surface area contributed by atoms with E-state index in [-0.39, 0.29) is 11.0 Å². The average molecular weight is 243 g/mol. The maximum absolute atomic E-state index is 11.7. The molecule has 6 nitrogen and oxygen atoms in total. The summed E-state index contributed by atoms with van der Waals surface area (Å²) in [7, 11) is 0. The second kappa shape index (κ2) is 5.09. The maximum Gasteiger partial charge on any atom is 0.416 e. The van der Waals surface area contributed by atoms with Gasteiger partial charge in [-0.15, -0.1) is 0 Å². The Labute approximate surface area is 97.6 Å². The number of nitrogens with zero attached hydrogens (tertiary/aromatic N) is 3. The summed E-state index contributed by atoms with van der Waals surface area (Å²) in [5, 5.41) is 3.39. The molecule has 0 aromatic carbocycles. The van der Waals surface area contributed by atoms with E-state index in [9.17, 15) is 4.79 Å². The summed E-state index contributed by atoms with van der Waals surface area (Å²) < 4.78 is 5.06.